The largest absolute Gasteiger partial charge is 0.100 e. The Labute approximate surface area is 189 Å². The van der Waals surface area contributed by atoms with Gasteiger partial charge in [0.25, 0.3) is 0 Å². The van der Waals surface area contributed by atoms with Crippen LogP contribution in [0.2, 0.25) is 0 Å². The van der Waals surface area contributed by atoms with Crippen molar-refractivity contribution in [1.29, 1.82) is 0 Å². The normalized spacial score (nSPS) is 39.1. The fraction of sp³-hybridized carbons (Fsp3) is 0.867. The van der Waals surface area contributed by atoms with Crippen LogP contribution in [0.25, 0.3) is 0 Å². The lowest BCUT2D eigenvalue weighted by Crippen LogP contribution is -2.41. The SMILES string of the molecule is C=C(C)C[C@H]1CCCC2CC[C@]3(C)C(CCCCC(C)C)CCC3C2C/C=C(\C)C1. The molecule has 0 aromatic heterocycles. The van der Waals surface area contributed by atoms with Gasteiger partial charge in [-0.05, 0) is 113 Å². The molecule has 30 heavy (non-hydrogen) atoms. The van der Waals surface area contributed by atoms with Crippen molar-refractivity contribution in [2.45, 2.75) is 125 Å². The van der Waals surface area contributed by atoms with Crippen LogP contribution >= 0.6 is 0 Å². The Hall–Kier alpha value is -0.520. The molecule has 0 heterocycles. The van der Waals surface area contributed by atoms with Gasteiger partial charge in [0, 0.05) is 0 Å². The Morgan fingerprint density at radius 2 is 1.93 bits per heavy atom. The van der Waals surface area contributed by atoms with E-state index >= 15 is 0 Å². The summed E-state index contributed by atoms with van der Waals surface area (Å²) in [5.41, 5.74) is 3.69. The average molecular weight is 413 g/mol. The highest BCUT2D eigenvalue weighted by atomic mass is 14.6. The highest BCUT2D eigenvalue weighted by Crippen LogP contribution is 2.61. The zero-order chi connectivity index (χ0) is 21.7. The maximum absolute atomic E-state index is 4.20. The highest BCUT2D eigenvalue weighted by molar-refractivity contribution is 5.08. The van der Waals surface area contributed by atoms with E-state index in [1.54, 1.807) is 5.57 Å². The smallest absolute Gasteiger partial charge is 0.0266 e. The Bertz CT molecular complexity index is 581. The van der Waals surface area contributed by atoms with E-state index in [4.69, 9.17) is 0 Å². The summed E-state index contributed by atoms with van der Waals surface area (Å²) in [6, 6.07) is 0. The second kappa shape index (κ2) is 10.9. The minimum absolute atomic E-state index is 0.646. The van der Waals surface area contributed by atoms with Crippen LogP contribution in [0, 0.1) is 40.9 Å². The molecule has 0 saturated heterocycles. The van der Waals surface area contributed by atoms with Crippen LogP contribution in [-0.2, 0) is 0 Å². The van der Waals surface area contributed by atoms with Crippen LogP contribution in [0.1, 0.15) is 125 Å². The average Bonchev–Trinajstić information content (AvgIpc) is 3.00. The maximum atomic E-state index is 4.20. The zero-order valence-corrected chi connectivity index (χ0v) is 21.1. The van der Waals surface area contributed by atoms with Crippen LogP contribution in [0.4, 0.5) is 0 Å². The lowest BCUT2D eigenvalue weighted by molar-refractivity contribution is 0.00606. The lowest BCUT2D eigenvalue weighted by atomic mass is 9.56. The van der Waals surface area contributed by atoms with E-state index in [0.29, 0.717) is 5.41 Å². The molecule has 0 spiro atoms. The fourth-order valence-corrected chi connectivity index (χ4v) is 7.92. The molecule has 3 aliphatic carbocycles. The molecule has 2 fully saturated rings. The summed E-state index contributed by atoms with van der Waals surface area (Å²) >= 11 is 0. The molecule has 6 atom stereocenters. The number of hydrogen-bond donors (Lipinski definition) is 0. The van der Waals surface area contributed by atoms with Crippen molar-refractivity contribution in [3.05, 3.63) is 23.8 Å². The molecule has 0 amide bonds. The lowest BCUT2D eigenvalue weighted by Gasteiger charge is -2.49. The Kier molecular flexibility index (Phi) is 8.74. The third kappa shape index (κ3) is 6.04. The minimum atomic E-state index is 0.646. The molecule has 2 saturated carbocycles. The van der Waals surface area contributed by atoms with Gasteiger partial charge >= 0.3 is 0 Å². The van der Waals surface area contributed by atoms with Gasteiger partial charge in [0.2, 0.25) is 0 Å². The standard InChI is InChI=1S/C30H52/c1-22(2)10-7-8-13-27-15-17-29-28-16-14-24(5)21-25(20-23(3)4)11-9-12-26(28)18-19-30(27,29)6/h14,22,25-29H,3,7-13,15-21H2,1-2,4-6H3/b24-14+/t25-,26?,27?,28?,29?,30-/m1/s1. The first-order valence-corrected chi connectivity index (χ1v) is 13.6. The Balaban J connectivity index is 1.65. The van der Waals surface area contributed by atoms with Crippen molar-refractivity contribution >= 4 is 0 Å². The second-order valence-electron chi connectivity index (χ2n) is 12.5. The van der Waals surface area contributed by atoms with E-state index in [-0.39, 0.29) is 0 Å². The predicted molar refractivity (Wildman–Crippen MR) is 134 cm³/mol. The molecule has 172 valence electrons. The van der Waals surface area contributed by atoms with Crippen molar-refractivity contribution in [2.75, 3.05) is 0 Å². The Morgan fingerprint density at radius 1 is 1.13 bits per heavy atom. The predicted octanol–water partition coefficient (Wildman–Crippen LogP) is 9.75. The van der Waals surface area contributed by atoms with E-state index in [2.05, 4.69) is 47.3 Å². The highest BCUT2D eigenvalue weighted by Gasteiger charge is 2.52. The van der Waals surface area contributed by atoms with Gasteiger partial charge in [-0.15, -0.1) is 6.58 Å². The first-order valence-electron chi connectivity index (χ1n) is 13.6. The van der Waals surface area contributed by atoms with Crippen LogP contribution < -0.4 is 0 Å². The van der Waals surface area contributed by atoms with Gasteiger partial charge in [-0.1, -0.05) is 70.1 Å². The van der Waals surface area contributed by atoms with E-state index < -0.39 is 0 Å². The van der Waals surface area contributed by atoms with E-state index in [0.717, 1.165) is 35.5 Å². The summed E-state index contributed by atoms with van der Waals surface area (Å²) in [6.07, 6.45) is 22.9. The number of fused-ring (bicyclic) bond motifs is 3. The summed E-state index contributed by atoms with van der Waals surface area (Å²) in [5, 5.41) is 0. The third-order valence-electron chi connectivity index (χ3n) is 9.54. The molecule has 0 bridgehead atoms. The molecule has 0 heteroatoms. The molecule has 0 aliphatic heterocycles. The van der Waals surface area contributed by atoms with Crippen molar-refractivity contribution < 1.29 is 0 Å². The van der Waals surface area contributed by atoms with Gasteiger partial charge in [0.15, 0.2) is 0 Å². The number of rotatable bonds is 7. The number of unbranched alkanes of at least 4 members (excludes halogenated alkanes) is 1. The third-order valence-corrected chi connectivity index (χ3v) is 9.54. The van der Waals surface area contributed by atoms with Gasteiger partial charge in [-0.3, -0.25) is 0 Å². The van der Waals surface area contributed by atoms with Crippen LogP contribution in [0.15, 0.2) is 23.8 Å². The van der Waals surface area contributed by atoms with Gasteiger partial charge < -0.3 is 0 Å². The summed E-state index contributed by atoms with van der Waals surface area (Å²) < 4.78 is 0. The van der Waals surface area contributed by atoms with E-state index in [1.165, 1.54) is 95.5 Å². The molecule has 3 rings (SSSR count). The van der Waals surface area contributed by atoms with E-state index in [1.807, 2.05) is 0 Å². The first kappa shape index (κ1) is 24.1. The van der Waals surface area contributed by atoms with Crippen molar-refractivity contribution in [3.63, 3.8) is 0 Å². The monoisotopic (exact) mass is 412 g/mol. The molecule has 0 N–H and O–H groups in total. The van der Waals surface area contributed by atoms with Gasteiger partial charge in [-0.25, -0.2) is 0 Å². The van der Waals surface area contributed by atoms with E-state index in [9.17, 15) is 0 Å². The minimum Gasteiger partial charge on any atom is -0.100 e. The Morgan fingerprint density at radius 3 is 2.67 bits per heavy atom. The van der Waals surface area contributed by atoms with Crippen molar-refractivity contribution in [1.82, 2.24) is 0 Å². The molecule has 0 radical (unpaired) electrons. The van der Waals surface area contributed by atoms with Gasteiger partial charge in [0.05, 0.1) is 0 Å². The van der Waals surface area contributed by atoms with Gasteiger partial charge in [-0.2, -0.15) is 0 Å². The number of hydrogen-bond acceptors (Lipinski definition) is 0. The summed E-state index contributed by atoms with van der Waals surface area (Å²) in [6.45, 7) is 16.3. The summed E-state index contributed by atoms with van der Waals surface area (Å²) in [4.78, 5) is 0. The fourth-order valence-electron chi connectivity index (χ4n) is 7.92. The molecule has 0 aromatic rings. The van der Waals surface area contributed by atoms with Crippen molar-refractivity contribution in [3.8, 4) is 0 Å². The molecular weight excluding hydrogens is 360 g/mol. The zero-order valence-electron chi connectivity index (χ0n) is 21.1. The molecule has 0 nitrogen and oxygen atoms in total. The molecule has 3 aliphatic rings. The second-order valence-corrected chi connectivity index (χ2v) is 12.5. The number of allylic oxidation sites excluding steroid dienone is 3. The van der Waals surface area contributed by atoms with Gasteiger partial charge in [0.1, 0.15) is 0 Å². The van der Waals surface area contributed by atoms with Crippen LogP contribution in [0.5, 0.6) is 0 Å². The van der Waals surface area contributed by atoms with Crippen LogP contribution in [0.3, 0.4) is 0 Å². The maximum Gasteiger partial charge on any atom is -0.0266 e. The van der Waals surface area contributed by atoms with Crippen LogP contribution in [-0.4, -0.2) is 0 Å². The quantitative estimate of drug-likeness (QED) is 0.288. The molecular formula is C30H52. The summed E-state index contributed by atoms with van der Waals surface area (Å²) in [5.74, 6) is 5.69. The molecule has 4 unspecified atom stereocenters. The summed E-state index contributed by atoms with van der Waals surface area (Å²) in [7, 11) is 0. The topological polar surface area (TPSA) is 0 Å². The first-order chi connectivity index (χ1) is 14.3. The molecule has 0 aromatic carbocycles. The van der Waals surface area contributed by atoms with Crippen molar-refractivity contribution in [2.24, 2.45) is 40.9 Å².